The lowest BCUT2D eigenvalue weighted by Crippen LogP contribution is -2.35. The Labute approximate surface area is 74.7 Å². The minimum Gasteiger partial charge on any atom is -0.449 e. The standard InChI is InChI=1S/C7H10O6/c1-10-5-4(12-3-8)6(9)13-7(5)11-2/h3-5,7H,1-2H3/t4-,5-,7+/m0/s1. The maximum Gasteiger partial charge on any atom is 0.352 e. The summed E-state index contributed by atoms with van der Waals surface area (Å²) in [6.07, 6.45) is -2.56. The number of carbonyl (C=O) groups is 2. The predicted molar refractivity (Wildman–Crippen MR) is 38.6 cm³/mol. The highest BCUT2D eigenvalue weighted by Gasteiger charge is 2.47. The van der Waals surface area contributed by atoms with Gasteiger partial charge in [-0.1, -0.05) is 0 Å². The second-order valence-electron chi connectivity index (χ2n) is 2.39. The Hall–Kier alpha value is -1.14. The van der Waals surface area contributed by atoms with Gasteiger partial charge in [0.15, 0.2) is 6.10 Å². The van der Waals surface area contributed by atoms with Gasteiger partial charge in [0, 0.05) is 14.2 Å². The van der Waals surface area contributed by atoms with Gasteiger partial charge in [0.1, 0.15) is 0 Å². The first-order valence-corrected chi connectivity index (χ1v) is 3.59. The SMILES string of the molecule is CO[C@@H]1OC(=O)[C@@H](OC=O)[C@@H]1OC. The fourth-order valence-electron chi connectivity index (χ4n) is 1.14. The van der Waals surface area contributed by atoms with Gasteiger partial charge in [0.2, 0.25) is 12.4 Å². The van der Waals surface area contributed by atoms with E-state index in [1.165, 1.54) is 14.2 Å². The van der Waals surface area contributed by atoms with Crippen molar-refractivity contribution in [1.29, 1.82) is 0 Å². The van der Waals surface area contributed by atoms with Crippen molar-refractivity contribution < 1.29 is 28.5 Å². The molecule has 0 aromatic carbocycles. The summed E-state index contributed by atoms with van der Waals surface area (Å²) in [5, 5.41) is 0. The third-order valence-electron chi connectivity index (χ3n) is 1.74. The molecule has 1 rings (SSSR count). The molecule has 0 radical (unpaired) electrons. The third kappa shape index (κ3) is 1.78. The van der Waals surface area contributed by atoms with Crippen LogP contribution in [-0.4, -0.2) is 45.2 Å². The van der Waals surface area contributed by atoms with Crippen LogP contribution in [-0.2, 0) is 28.5 Å². The van der Waals surface area contributed by atoms with Gasteiger partial charge in [-0.15, -0.1) is 0 Å². The van der Waals surface area contributed by atoms with Gasteiger partial charge in [0.25, 0.3) is 6.47 Å². The van der Waals surface area contributed by atoms with Crippen molar-refractivity contribution in [3.63, 3.8) is 0 Å². The molecule has 0 N–H and O–H groups in total. The van der Waals surface area contributed by atoms with Crippen LogP contribution in [0.15, 0.2) is 0 Å². The van der Waals surface area contributed by atoms with Crippen LogP contribution in [0.1, 0.15) is 0 Å². The average Bonchev–Trinajstić information content (AvgIpc) is 2.44. The van der Waals surface area contributed by atoms with Gasteiger partial charge in [-0.2, -0.15) is 0 Å². The smallest absolute Gasteiger partial charge is 0.352 e. The summed E-state index contributed by atoms with van der Waals surface area (Å²) in [4.78, 5) is 21.1. The van der Waals surface area contributed by atoms with Crippen molar-refractivity contribution in [3.8, 4) is 0 Å². The molecule has 0 bridgehead atoms. The second kappa shape index (κ2) is 4.20. The number of cyclic esters (lactones) is 1. The molecule has 0 saturated carbocycles. The summed E-state index contributed by atoms with van der Waals surface area (Å²) < 4.78 is 18.9. The average molecular weight is 190 g/mol. The lowest BCUT2D eigenvalue weighted by atomic mass is 10.2. The Morgan fingerprint density at radius 3 is 2.54 bits per heavy atom. The molecule has 6 heteroatoms. The molecule has 13 heavy (non-hydrogen) atoms. The molecule has 0 aromatic rings. The van der Waals surface area contributed by atoms with Crippen molar-refractivity contribution in [2.24, 2.45) is 0 Å². The highest BCUT2D eigenvalue weighted by molar-refractivity contribution is 5.79. The van der Waals surface area contributed by atoms with Crippen LogP contribution in [0, 0.1) is 0 Å². The molecular formula is C7H10O6. The van der Waals surface area contributed by atoms with Crippen molar-refractivity contribution in [2.45, 2.75) is 18.5 Å². The third-order valence-corrected chi connectivity index (χ3v) is 1.74. The summed E-state index contributed by atoms with van der Waals surface area (Å²) in [5.74, 6) is -0.661. The van der Waals surface area contributed by atoms with Crippen LogP contribution in [0.4, 0.5) is 0 Å². The van der Waals surface area contributed by atoms with E-state index in [0.29, 0.717) is 0 Å². The number of ether oxygens (including phenoxy) is 4. The van der Waals surface area contributed by atoms with E-state index in [9.17, 15) is 9.59 Å². The van der Waals surface area contributed by atoms with Gasteiger partial charge < -0.3 is 18.9 Å². The zero-order valence-corrected chi connectivity index (χ0v) is 7.26. The Morgan fingerprint density at radius 1 is 1.38 bits per heavy atom. The summed E-state index contributed by atoms with van der Waals surface area (Å²) in [7, 11) is 2.74. The van der Waals surface area contributed by atoms with E-state index in [0.717, 1.165) is 0 Å². The predicted octanol–water partition coefficient (Wildman–Crippen LogP) is -0.928. The summed E-state index contributed by atoms with van der Waals surface area (Å²) >= 11 is 0. The molecule has 3 atom stereocenters. The number of rotatable bonds is 4. The number of carbonyl (C=O) groups excluding carboxylic acids is 2. The summed E-state index contributed by atoms with van der Waals surface area (Å²) in [6.45, 7) is 0.177. The summed E-state index contributed by atoms with van der Waals surface area (Å²) in [5.41, 5.74) is 0. The van der Waals surface area contributed by atoms with Gasteiger partial charge in [-0.25, -0.2) is 4.79 Å². The quantitative estimate of drug-likeness (QED) is 0.421. The van der Waals surface area contributed by atoms with Crippen molar-refractivity contribution in [3.05, 3.63) is 0 Å². The molecule has 1 saturated heterocycles. The van der Waals surface area contributed by atoms with E-state index in [2.05, 4.69) is 4.74 Å². The molecule has 6 nitrogen and oxygen atoms in total. The Kier molecular flexibility index (Phi) is 3.21. The van der Waals surface area contributed by atoms with E-state index in [1.54, 1.807) is 0 Å². The van der Waals surface area contributed by atoms with Crippen LogP contribution in [0.3, 0.4) is 0 Å². The number of esters is 1. The molecule has 0 unspecified atom stereocenters. The number of methoxy groups -OCH3 is 2. The molecule has 0 amide bonds. The topological polar surface area (TPSA) is 71.1 Å². The van der Waals surface area contributed by atoms with Gasteiger partial charge in [-0.05, 0) is 0 Å². The normalized spacial score (nSPS) is 32.8. The molecule has 1 heterocycles. The molecule has 0 aliphatic carbocycles. The van der Waals surface area contributed by atoms with E-state index in [-0.39, 0.29) is 6.47 Å². The van der Waals surface area contributed by atoms with Gasteiger partial charge in [-0.3, -0.25) is 4.79 Å². The van der Waals surface area contributed by atoms with Crippen molar-refractivity contribution in [1.82, 2.24) is 0 Å². The molecule has 1 aliphatic rings. The fourth-order valence-corrected chi connectivity index (χ4v) is 1.14. The van der Waals surface area contributed by atoms with Crippen LogP contribution in [0.25, 0.3) is 0 Å². The minimum atomic E-state index is -1.03. The number of hydrogen-bond donors (Lipinski definition) is 0. The zero-order valence-electron chi connectivity index (χ0n) is 7.26. The van der Waals surface area contributed by atoms with Crippen molar-refractivity contribution in [2.75, 3.05) is 14.2 Å². The van der Waals surface area contributed by atoms with E-state index >= 15 is 0 Å². The molecule has 74 valence electrons. The lowest BCUT2D eigenvalue weighted by Gasteiger charge is -2.16. The highest BCUT2D eigenvalue weighted by atomic mass is 16.7. The van der Waals surface area contributed by atoms with Crippen molar-refractivity contribution >= 4 is 12.4 Å². The minimum absolute atomic E-state index is 0.177. The fraction of sp³-hybridized carbons (Fsp3) is 0.714. The molecular weight excluding hydrogens is 180 g/mol. The first-order chi connectivity index (χ1) is 6.24. The zero-order chi connectivity index (χ0) is 9.84. The first-order valence-electron chi connectivity index (χ1n) is 3.59. The number of hydrogen-bond acceptors (Lipinski definition) is 6. The van der Waals surface area contributed by atoms with E-state index < -0.39 is 24.5 Å². The Morgan fingerprint density at radius 2 is 2.08 bits per heavy atom. The molecule has 1 fully saturated rings. The van der Waals surface area contributed by atoms with E-state index in [4.69, 9.17) is 14.2 Å². The van der Waals surface area contributed by atoms with Crippen LogP contribution in [0.5, 0.6) is 0 Å². The lowest BCUT2D eigenvalue weighted by molar-refractivity contribution is -0.168. The first kappa shape index (κ1) is 9.94. The van der Waals surface area contributed by atoms with Gasteiger partial charge in [0.05, 0.1) is 0 Å². The van der Waals surface area contributed by atoms with E-state index in [1.807, 2.05) is 0 Å². The van der Waals surface area contributed by atoms with Crippen LogP contribution in [0.2, 0.25) is 0 Å². The largest absolute Gasteiger partial charge is 0.449 e. The molecule has 1 aliphatic heterocycles. The molecule has 0 aromatic heterocycles. The monoisotopic (exact) mass is 190 g/mol. The highest BCUT2D eigenvalue weighted by Crippen LogP contribution is 2.21. The Bertz CT molecular complexity index is 203. The van der Waals surface area contributed by atoms with Crippen LogP contribution < -0.4 is 0 Å². The van der Waals surface area contributed by atoms with Gasteiger partial charge >= 0.3 is 5.97 Å². The maximum atomic E-state index is 11.0. The summed E-state index contributed by atoms with van der Waals surface area (Å²) in [6, 6.07) is 0. The second-order valence-corrected chi connectivity index (χ2v) is 2.39. The molecule has 0 spiro atoms. The van der Waals surface area contributed by atoms with Crippen LogP contribution >= 0.6 is 0 Å². The Balaban J connectivity index is 2.69. The maximum absolute atomic E-state index is 11.0.